The second kappa shape index (κ2) is 5.15. The fourth-order valence-electron chi connectivity index (χ4n) is 1.40. The summed E-state index contributed by atoms with van der Waals surface area (Å²) in [7, 11) is 0. The van der Waals surface area contributed by atoms with Crippen molar-refractivity contribution in [2.75, 3.05) is 11.6 Å². The summed E-state index contributed by atoms with van der Waals surface area (Å²) < 4.78 is 0. The predicted octanol–water partition coefficient (Wildman–Crippen LogP) is 1.35. The molecule has 0 saturated carbocycles. The summed E-state index contributed by atoms with van der Waals surface area (Å²) >= 11 is 5.77. The number of nitro groups is 1. The molecule has 0 bridgehead atoms. The van der Waals surface area contributed by atoms with E-state index in [2.05, 4.69) is 4.98 Å². The van der Waals surface area contributed by atoms with Crippen molar-refractivity contribution in [2.45, 2.75) is 13.8 Å². The number of carboxylic acids is 1. The SMILES string of the molecule is CCN(N)c1nc(C)c(C(=O)O)c(Cl)c1[N+](=O)[O-]. The van der Waals surface area contributed by atoms with E-state index >= 15 is 0 Å². The number of hydrazine groups is 1. The standard InChI is InChI=1S/C9H11ClN4O4/c1-3-13(11)8-7(14(17)18)6(10)5(9(15)16)4(2)12-8/h3,11H2,1-2H3,(H,15,16). The van der Waals surface area contributed by atoms with Gasteiger partial charge in [0.15, 0.2) is 0 Å². The van der Waals surface area contributed by atoms with E-state index in [0.717, 1.165) is 5.01 Å². The van der Waals surface area contributed by atoms with Crippen molar-refractivity contribution in [3.05, 3.63) is 26.4 Å². The van der Waals surface area contributed by atoms with Gasteiger partial charge in [-0.15, -0.1) is 0 Å². The highest BCUT2D eigenvalue weighted by atomic mass is 35.5. The van der Waals surface area contributed by atoms with Gasteiger partial charge in [-0.05, 0) is 13.8 Å². The molecule has 8 nitrogen and oxygen atoms in total. The number of anilines is 1. The molecule has 0 unspecified atom stereocenters. The molecule has 0 aliphatic heterocycles. The Bertz CT molecular complexity index is 520. The molecule has 1 aromatic heterocycles. The van der Waals surface area contributed by atoms with Gasteiger partial charge in [0.05, 0.1) is 10.6 Å². The van der Waals surface area contributed by atoms with E-state index in [-0.39, 0.29) is 18.1 Å². The summed E-state index contributed by atoms with van der Waals surface area (Å²) in [6, 6.07) is 0. The van der Waals surface area contributed by atoms with Crippen LogP contribution in [0.25, 0.3) is 0 Å². The van der Waals surface area contributed by atoms with Gasteiger partial charge in [-0.1, -0.05) is 11.6 Å². The lowest BCUT2D eigenvalue weighted by Gasteiger charge is -2.17. The van der Waals surface area contributed by atoms with Crippen molar-refractivity contribution in [2.24, 2.45) is 5.84 Å². The van der Waals surface area contributed by atoms with Crippen LogP contribution in [0, 0.1) is 17.0 Å². The maximum Gasteiger partial charge on any atom is 0.339 e. The molecule has 0 aliphatic carbocycles. The molecular formula is C9H11ClN4O4. The molecule has 1 rings (SSSR count). The molecule has 9 heteroatoms. The molecular weight excluding hydrogens is 264 g/mol. The third-order valence-corrected chi connectivity index (χ3v) is 2.65. The van der Waals surface area contributed by atoms with E-state index in [4.69, 9.17) is 22.6 Å². The van der Waals surface area contributed by atoms with Gasteiger partial charge in [-0.25, -0.2) is 15.6 Å². The molecule has 0 aliphatic rings. The fourth-order valence-corrected chi connectivity index (χ4v) is 1.77. The quantitative estimate of drug-likeness (QED) is 0.482. The Labute approximate surface area is 107 Å². The smallest absolute Gasteiger partial charge is 0.339 e. The lowest BCUT2D eigenvalue weighted by atomic mass is 10.2. The number of carbonyl (C=O) groups is 1. The number of aromatic carboxylic acids is 1. The Morgan fingerprint density at radius 3 is 2.61 bits per heavy atom. The summed E-state index contributed by atoms with van der Waals surface area (Å²) in [5.41, 5.74) is -0.933. The van der Waals surface area contributed by atoms with E-state index in [1.807, 2.05) is 0 Å². The van der Waals surface area contributed by atoms with E-state index in [1.165, 1.54) is 6.92 Å². The zero-order chi connectivity index (χ0) is 14.0. The Morgan fingerprint density at radius 1 is 1.67 bits per heavy atom. The highest BCUT2D eigenvalue weighted by Gasteiger charge is 2.30. The Kier molecular flexibility index (Phi) is 4.04. The Hall–Kier alpha value is -1.93. The van der Waals surface area contributed by atoms with Gasteiger partial charge in [-0.3, -0.25) is 15.1 Å². The highest BCUT2D eigenvalue weighted by molar-refractivity contribution is 6.36. The van der Waals surface area contributed by atoms with Crippen LogP contribution < -0.4 is 10.9 Å². The second-order valence-electron chi connectivity index (χ2n) is 3.41. The molecule has 0 amide bonds. The van der Waals surface area contributed by atoms with Crippen molar-refractivity contribution >= 4 is 29.1 Å². The number of rotatable bonds is 4. The number of nitrogens with two attached hydrogens (primary N) is 1. The molecule has 0 fully saturated rings. The number of carboxylic acid groups (broad SMARTS) is 1. The molecule has 1 aromatic rings. The van der Waals surface area contributed by atoms with Crippen LogP contribution in [0.1, 0.15) is 23.0 Å². The largest absolute Gasteiger partial charge is 0.478 e. The molecule has 98 valence electrons. The van der Waals surface area contributed by atoms with Gasteiger partial charge in [0, 0.05) is 6.54 Å². The normalized spacial score (nSPS) is 10.2. The minimum atomic E-state index is -1.38. The Morgan fingerprint density at radius 2 is 2.22 bits per heavy atom. The zero-order valence-electron chi connectivity index (χ0n) is 9.68. The van der Waals surface area contributed by atoms with Crippen LogP contribution in [0.4, 0.5) is 11.5 Å². The minimum absolute atomic E-state index is 0.0667. The van der Waals surface area contributed by atoms with Crippen molar-refractivity contribution < 1.29 is 14.8 Å². The third-order valence-electron chi connectivity index (χ3n) is 2.28. The van der Waals surface area contributed by atoms with Crippen molar-refractivity contribution in [1.29, 1.82) is 0 Å². The first-order valence-electron chi connectivity index (χ1n) is 4.91. The van der Waals surface area contributed by atoms with Crippen LogP contribution >= 0.6 is 11.6 Å². The van der Waals surface area contributed by atoms with Gasteiger partial charge < -0.3 is 5.11 Å². The molecule has 0 spiro atoms. The molecule has 0 radical (unpaired) electrons. The number of aryl methyl sites for hydroxylation is 1. The zero-order valence-corrected chi connectivity index (χ0v) is 10.4. The first-order valence-corrected chi connectivity index (χ1v) is 5.29. The molecule has 0 atom stereocenters. The van der Waals surface area contributed by atoms with Crippen molar-refractivity contribution in [3.63, 3.8) is 0 Å². The van der Waals surface area contributed by atoms with Gasteiger partial charge in [0.1, 0.15) is 10.6 Å². The minimum Gasteiger partial charge on any atom is -0.478 e. The number of aromatic nitrogens is 1. The van der Waals surface area contributed by atoms with Gasteiger partial charge in [-0.2, -0.15) is 0 Å². The number of pyridine rings is 1. The topological polar surface area (TPSA) is 123 Å². The van der Waals surface area contributed by atoms with Crippen LogP contribution in [-0.2, 0) is 0 Å². The average Bonchev–Trinajstić information content (AvgIpc) is 2.25. The predicted molar refractivity (Wildman–Crippen MR) is 64.8 cm³/mol. The number of hydrogen-bond donors (Lipinski definition) is 2. The lowest BCUT2D eigenvalue weighted by molar-refractivity contribution is -0.384. The van der Waals surface area contributed by atoms with Crippen molar-refractivity contribution in [3.8, 4) is 0 Å². The van der Waals surface area contributed by atoms with Crippen LogP contribution in [0.2, 0.25) is 5.02 Å². The van der Waals surface area contributed by atoms with E-state index in [9.17, 15) is 14.9 Å². The van der Waals surface area contributed by atoms with Gasteiger partial charge >= 0.3 is 11.7 Å². The van der Waals surface area contributed by atoms with E-state index < -0.39 is 27.2 Å². The highest BCUT2D eigenvalue weighted by Crippen LogP contribution is 2.36. The van der Waals surface area contributed by atoms with E-state index in [0.29, 0.717) is 0 Å². The third kappa shape index (κ3) is 2.34. The van der Waals surface area contributed by atoms with Crippen molar-refractivity contribution in [1.82, 2.24) is 4.98 Å². The summed E-state index contributed by atoms with van der Waals surface area (Å²) in [4.78, 5) is 25.0. The van der Waals surface area contributed by atoms with Crippen LogP contribution in [0.3, 0.4) is 0 Å². The summed E-state index contributed by atoms with van der Waals surface area (Å²) in [6.45, 7) is 3.32. The molecule has 18 heavy (non-hydrogen) atoms. The average molecular weight is 275 g/mol. The summed E-state index contributed by atoms with van der Waals surface area (Å²) in [6.07, 6.45) is 0. The summed E-state index contributed by atoms with van der Waals surface area (Å²) in [5.74, 6) is 4.02. The maximum absolute atomic E-state index is 11.0. The number of hydrogen-bond acceptors (Lipinski definition) is 6. The number of nitrogens with zero attached hydrogens (tertiary/aromatic N) is 3. The molecule has 3 N–H and O–H groups in total. The molecule has 0 saturated heterocycles. The maximum atomic E-state index is 11.0. The van der Waals surface area contributed by atoms with Crippen LogP contribution in [0.5, 0.6) is 0 Å². The fraction of sp³-hybridized carbons (Fsp3) is 0.333. The first-order chi connectivity index (χ1) is 8.31. The van der Waals surface area contributed by atoms with Gasteiger partial charge in [0.25, 0.3) is 0 Å². The van der Waals surface area contributed by atoms with Crippen LogP contribution in [0.15, 0.2) is 0 Å². The lowest BCUT2D eigenvalue weighted by Crippen LogP contribution is -2.32. The van der Waals surface area contributed by atoms with Gasteiger partial charge in [0.2, 0.25) is 5.82 Å². The first kappa shape index (κ1) is 14.1. The van der Waals surface area contributed by atoms with E-state index in [1.54, 1.807) is 6.92 Å². The second-order valence-corrected chi connectivity index (χ2v) is 3.78. The number of halogens is 1. The monoisotopic (exact) mass is 274 g/mol. The molecule has 0 aromatic carbocycles. The summed E-state index contributed by atoms with van der Waals surface area (Å²) in [5, 5.41) is 20.5. The molecule has 1 heterocycles. The van der Waals surface area contributed by atoms with Crippen LogP contribution in [-0.4, -0.2) is 27.5 Å². The Balaban J connectivity index is 3.66.